The molecule has 172 valence electrons. The molecule has 2 aromatic carbocycles. The zero-order valence-corrected chi connectivity index (χ0v) is 19.0. The highest BCUT2D eigenvalue weighted by atomic mass is 16.6. The number of nitro benzene ring substituents is 1. The summed E-state index contributed by atoms with van der Waals surface area (Å²) in [6, 6.07) is 13.2. The molecule has 1 heterocycles. The van der Waals surface area contributed by atoms with Crippen molar-refractivity contribution in [2.75, 3.05) is 38.8 Å². The molecule has 0 saturated carbocycles. The van der Waals surface area contributed by atoms with Gasteiger partial charge in [-0.05, 0) is 43.0 Å². The summed E-state index contributed by atoms with van der Waals surface area (Å²) in [6.07, 6.45) is 2.98. The van der Waals surface area contributed by atoms with Crippen molar-refractivity contribution < 1.29 is 19.2 Å². The van der Waals surface area contributed by atoms with Crippen LogP contribution in [0.3, 0.4) is 0 Å². The lowest BCUT2D eigenvalue weighted by molar-refractivity contribution is -0.385. The summed E-state index contributed by atoms with van der Waals surface area (Å²) in [5.74, 6) is 0.884. The van der Waals surface area contributed by atoms with Gasteiger partial charge in [-0.25, -0.2) is 0 Å². The van der Waals surface area contributed by atoms with Gasteiger partial charge < -0.3 is 19.3 Å². The fourth-order valence-electron chi connectivity index (χ4n) is 4.28. The van der Waals surface area contributed by atoms with Gasteiger partial charge >= 0.3 is 5.69 Å². The second-order valence-corrected chi connectivity index (χ2v) is 7.87. The summed E-state index contributed by atoms with van der Waals surface area (Å²) in [7, 11) is 2.95. The van der Waals surface area contributed by atoms with Crippen molar-refractivity contribution in [3.05, 3.63) is 58.1 Å². The van der Waals surface area contributed by atoms with Crippen LogP contribution in [0, 0.1) is 10.1 Å². The Labute approximate surface area is 188 Å². The number of anilines is 1. The monoisotopic (exact) mass is 441 g/mol. The predicted octanol–water partition coefficient (Wildman–Crippen LogP) is 4.06. The Morgan fingerprint density at radius 1 is 1.12 bits per heavy atom. The van der Waals surface area contributed by atoms with E-state index in [1.807, 2.05) is 42.2 Å². The van der Waals surface area contributed by atoms with Crippen LogP contribution in [0.15, 0.2) is 42.5 Å². The molecule has 0 unspecified atom stereocenters. The molecule has 2 aromatic rings. The first-order valence-corrected chi connectivity index (χ1v) is 11.0. The largest absolute Gasteiger partial charge is 0.496 e. The van der Waals surface area contributed by atoms with Crippen molar-refractivity contribution in [2.24, 2.45) is 0 Å². The first kappa shape index (κ1) is 23.5. The summed E-state index contributed by atoms with van der Waals surface area (Å²) in [6.45, 7) is 4.48. The van der Waals surface area contributed by atoms with Crippen LogP contribution in [0.5, 0.6) is 11.5 Å². The molecular formula is C24H31N3O5. The van der Waals surface area contributed by atoms with Crippen LogP contribution in [-0.2, 0) is 11.2 Å². The number of rotatable bonds is 9. The number of carbonyl (C=O) groups excluding carboxylic acids is 1. The van der Waals surface area contributed by atoms with E-state index in [1.54, 1.807) is 6.07 Å². The number of hydrogen-bond acceptors (Lipinski definition) is 6. The van der Waals surface area contributed by atoms with Gasteiger partial charge in [0.15, 0.2) is 5.75 Å². The Balaban J connectivity index is 1.64. The van der Waals surface area contributed by atoms with Gasteiger partial charge in [0.1, 0.15) is 5.75 Å². The normalized spacial score (nSPS) is 14.7. The quantitative estimate of drug-likeness (QED) is 0.431. The van der Waals surface area contributed by atoms with E-state index in [9.17, 15) is 14.9 Å². The van der Waals surface area contributed by atoms with E-state index in [4.69, 9.17) is 9.47 Å². The van der Waals surface area contributed by atoms with E-state index in [0.29, 0.717) is 18.6 Å². The van der Waals surface area contributed by atoms with Gasteiger partial charge in [-0.2, -0.15) is 0 Å². The Kier molecular flexibility index (Phi) is 8.05. The Bertz CT molecular complexity index is 927. The smallest absolute Gasteiger partial charge is 0.314 e. The van der Waals surface area contributed by atoms with Crippen LogP contribution in [0.2, 0.25) is 0 Å². The van der Waals surface area contributed by atoms with Crippen molar-refractivity contribution in [1.82, 2.24) is 4.90 Å². The van der Waals surface area contributed by atoms with E-state index >= 15 is 0 Å². The molecule has 0 radical (unpaired) electrons. The molecule has 1 amide bonds. The molecule has 0 aromatic heterocycles. The average Bonchev–Trinajstić information content (AvgIpc) is 2.83. The third-order valence-corrected chi connectivity index (χ3v) is 6.00. The van der Waals surface area contributed by atoms with E-state index in [2.05, 4.69) is 4.90 Å². The van der Waals surface area contributed by atoms with Crippen LogP contribution in [0.4, 0.5) is 11.4 Å². The lowest BCUT2D eigenvalue weighted by Gasteiger charge is -2.38. The lowest BCUT2D eigenvalue weighted by atomic mass is 10.0. The maximum Gasteiger partial charge on any atom is 0.314 e. The molecular weight excluding hydrogens is 410 g/mol. The predicted molar refractivity (Wildman–Crippen MR) is 124 cm³/mol. The van der Waals surface area contributed by atoms with Gasteiger partial charge in [0.2, 0.25) is 5.91 Å². The van der Waals surface area contributed by atoms with E-state index in [-0.39, 0.29) is 23.4 Å². The Morgan fingerprint density at radius 3 is 2.34 bits per heavy atom. The summed E-state index contributed by atoms with van der Waals surface area (Å²) in [5, 5.41) is 11.3. The van der Waals surface area contributed by atoms with Crippen molar-refractivity contribution in [2.45, 2.75) is 38.6 Å². The minimum atomic E-state index is -0.466. The number of para-hydroxylation sites is 1. The van der Waals surface area contributed by atoms with Crippen LogP contribution >= 0.6 is 0 Å². The number of methoxy groups -OCH3 is 2. The highest BCUT2D eigenvalue weighted by Crippen LogP contribution is 2.35. The summed E-state index contributed by atoms with van der Waals surface area (Å²) in [4.78, 5) is 27.8. The summed E-state index contributed by atoms with van der Waals surface area (Å²) < 4.78 is 10.6. The fraction of sp³-hybridized carbons (Fsp3) is 0.458. The fourth-order valence-corrected chi connectivity index (χ4v) is 4.28. The van der Waals surface area contributed by atoms with Gasteiger partial charge in [0, 0.05) is 37.8 Å². The number of amides is 1. The molecule has 1 aliphatic rings. The maximum absolute atomic E-state index is 12.6. The molecule has 1 fully saturated rings. The van der Waals surface area contributed by atoms with Gasteiger partial charge in [0.25, 0.3) is 0 Å². The molecule has 3 rings (SSSR count). The van der Waals surface area contributed by atoms with Crippen molar-refractivity contribution in [3.63, 3.8) is 0 Å². The SMILES string of the molecule is CCC(=O)N(c1ccccc1)C1CCN(CCc2cc(OC)c([N+](=O)[O-])cc2OC)CC1. The van der Waals surface area contributed by atoms with E-state index in [1.165, 1.54) is 20.3 Å². The van der Waals surface area contributed by atoms with E-state index in [0.717, 1.165) is 43.7 Å². The van der Waals surface area contributed by atoms with Crippen LogP contribution in [0.1, 0.15) is 31.7 Å². The zero-order chi connectivity index (χ0) is 23.1. The van der Waals surface area contributed by atoms with Gasteiger partial charge in [0.05, 0.1) is 25.2 Å². The third kappa shape index (κ3) is 5.37. The van der Waals surface area contributed by atoms with E-state index < -0.39 is 4.92 Å². The molecule has 0 aliphatic carbocycles. The number of nitrogens with zero attached hydrogens (tertiary/aromatic N) is 3. The Morgan fingerprint density at radius 2 is 1.78 bits per heavy atom. The highest BCUT2D eigenvalue weighted by Gasteiger charge is 2.28. The minimum absolute atomic E-state index is 0.101. The molecule has 1 saturated heterocycles. The van der Waals surface area contributed by atoms with Gasteiger partial charge in [-0.1, -0.05) is 25.1 Å². The van der Waals surface area contributed by atoms with Crippen molar-refractivity contribution >= 4 is 17.3 Å². The zero-order valence-electron chi connectivity index (χ0n) is 19.0. The third-order valence-electron chi connectivity index (χ3n) is 6.00. The average molecular weight is 442 g/mol. The second kappa shape index (κ2) is 10.9. The molecule has 0 spiro atoms. The number of likely N-dealkylation sites (tertiary alicyclic amines) is 1. The van der Waals surface area contributed by atoms with Crippen LogP contribution < -0.4 is 14.4 Å². The van der Waals surface area contributed by atoms with Crippen molar-refractivity contribution in [1.29, 1.82) is 0 Å². The van der Waals surface area contributed by atoms with Crippen molar-refractivity contribution in [3.8, 4) is 11.5 Å². The first-order chi connectivity index (χ1) is 15.5. The number of benzene rings is 2. The van der Waals surface area contributed by atoms with Crippen LogP contribution in [-0.4, -0.2) is 55.6 Å². The number of carbonyl (C=O) groups is 1. The molecule has 0 bridgehead atoms. The number of piperidine rings is 1. The molecule has 8 nitrogen and oxygen atoms in total. The summed E-state index contributed by atoms with van der Waals surface area (Å²) >= 11 is 0. The topological polar surface area (TPSA) is 85.2 Å². The van der Waals surface area contributed by atoms with Crippen LogP contribution in [0.25, 0.3) is 0 Å². The second-order valence-electron chi connectivity index (χ2n) is 7.87. The number of nitro groups is 1. The Hall–Kier alpha value is -3.13. The molecule has 32 heavy (non-hydrogen) atoms. The highest BCUT2D eigenvalue weighted by molar-refractivity contribution is 5.93. The standard InChI is InChI=1S/C24H31N3O5/c1-4-24(28)26(19-8-6-5-7-9-19)20-11-14-25(15-12-20)13-10-18-16-23(32-3)21(27(29)30)17-22(18)31-2/h5-9,16-17,20H,4,10-15H2,1-3H3. The van der Waals surface area contributed by atoms with Gasteiger partial charge in [-0.15, -0.1) is 0 Å². The first-order valence-electron chi connectivity index (χ1n) is 11.0. The number of ether oxygens (including phenoxy) is 2. The molecule has 1 aliphatic heterocycles. The molecule has 8 heteroatoms. The molecule has 0 N–H and O–H groups in total. The van der Waals surface area contributed by atoms with Gasteiger partial charge in [-0.3, -0.25) is 14.9 Å². The number of hydrogen-bond donors (Lipinski definition) is 0. The maximum atomic E-state index is 12.6. The summed E-state index contributed by atoms with van der Waals surface area (Å²) in [5.41, 5.74) is 1.74. The minimum Gasteiger partial charge on any atom is -0.496 e. The molecule has 0 atom stereocenters. The lowest BCUT2D eigenvalue weighted by Crippen LogP contribution is -2.47.